The van der Waals surface area contributed by atoms with Crippen molar-refractivity contribution in [1.82, 2.24) is 14.5 Å². The first-order chi connectivity index (χ1) is 11.9. The number of hydrogen-bond donors (Lipinski definition) is 1. The van der Waals surface area contributed by atoms with Crippen molar-refractivity contribution in [3.63, 3.8) is 0 Å². The van der Waals surface area contributed by atoms with Crippen LogP contribution in [-0.2, 0) is 14.8 Å². The number of amides is 1. The number of hydrogen-bond acceptors (Lipinski definition) is 6. The van der Waals surface area contributed by atoms with Crippen LogP contribution in [0.3, 0.4) is 0 Å². The fourth-order valence-electron chi connectivity index (χ4n) is 2.46. The van der Waals surface area contributed by atoms with Gasteiger partial charge in [0, 0.05) is 39.3 Å². The van der Waals surface area contributed by atoms with Gasteiger partial charge in [-0.2, -0.15) is 9.57 Å². The summed E-state index contributed by atoms with van der Waals surface area (Å²) >= 11 is 0. The van der Waals surface area contributed by atoms with Crippen molar-refractivity contribution in [3.05, 3.63) is 29.8 Å². The molecule has 0 bridgehead atoms. The lowest BCUT2D eigenvalue weighted by Gasteiger charge is -2.33. The van der Waals surface area contributed by atoms with Crippen LogP contribution in [0.15, 0.2) is 24.3 Å². The fourth-order valence-corrected chi connectivity index (χ4v) is 3.29. The van der Waals surface area contributed by atoms with Crippen molar-refractivity contribution in [2.75, 3.05) is 52.1 Å². The topological polar surface area (TPSA) is 103 Å². The molecule has 1 aromatic rings. The van der Waals surface area contributed by atoms with E-state index in [-0.39, 0.29) is 12.5 Å². The monoisotopic (exact) mass is 366 g/mol. The average molecular weight is 366 g/mol. The maximum atomic E-state index is 11.8. The second kappa shape index (κ2) is 8.80. The Morgan fingerprint density at radius 2 is 1.88 bits per heavy atom. The molecular weight excluding hydrogens is 344 g/mol. The van der Waals surface area contributed by atoms with Crippen LogP contribution >= 0.6 is 0 Å². The molecule has 0 aromatic heterocycles. The van der Waals surface area contributed by atoms with E-state index in [0.29, 0.717) is 50.6 Å². The van der Waals surface area contributed by atoms with Crippen molar-refractivity contribution < 1.29 is 17.9 Å². The number of rotatable bonds is 7. The summed E-state index contributed by atoms with van der Waals surface area (Å²) in [6, 6.07) is 8.56. The molecule has 136 valence electrons. The number of nitrogens with one attached hydrogen (secondary N) is 1. The van der Waals surface area contributed by atoms with Gasteiger partial charge >= 0.3 is 0 Å². The minimum Gasteiger partial charge on any atom is -0.484 e. The Hall–Kier alpha value is -2.15. The summed E-state index contributed by atoms with van der Waals surface area (Å²) in [4.78, 5) is 13.9. The number of carbonyl (C=O) groups excluding carboxylic acids is 1. The minimum absolute atomic E-state index is 0.0895. The Morgan fingerprint density at radius 1 is 1.24 bits per heavy atom. The summed E-state index contributed by atoms with van der Waals surface area (Å²) in [6.07, 6.45) is 1.22. The summed E-state index contributed by atoms with van der Waals surface area (Å²) < 4.78 is 29.7. The van der Waals surface area contributed by atoms with Crippen molar-refractivity contribution in [2.45, 2.75) is 0 Å². The third-order valence-corrected chi connectivity index (χ3v) is 5.21. The van der Waals surface area contributed by atoms with Gasteiger partial charge in [-0.1, -0.05) is 0 Å². The van der Waals surface area contributed by atoms with Crippen LogP contribution in [0.4, 0.5) is 0 Å². The van der Waals surface area contributed by atoms with E-state index in [9.17, 15) is 13.2 Å². The van der Waals surface area contributed by atoms with E-state index in [0.717, 1.165) is 0 Å². The number of carbonyl (C=O) groups is 1. The van der Waals surface area contributed by atoms with Crippen LogP contribution in [0, 0.1) is 11.3 Å². The largest absolute Gasteiger partial charge is 0.484 e. The SMILES string of the molecule is CS(=O)(=O)N1CCN(CCNC(=O)COc2ccc(C#N)cc2)CC1. The van der Waals surface area contributed by atoms with Gasteiger partial charge in [-0.3, -0.25) is 9.69 Å². The minimum atomic E-state index is -3.12. The molecule has 0 saturated carbocycles. The Morgan fingerprint density at radius 3 is 2.44 bits per heavy atom. The molecule has 25 heavy (non-hydrogen) atoms. The van der Waals surface area contributed by atoms with Crippen LogP contribution in [0.5, 0.6) is 5.75 Å². The van der Waals surface area contributed by atoms with Gasteiger partial charge in [-0.15, -0.1) is 0 Å². The van der Waals surface area contributed by atoms with Crippen molar-refractivity contribution in [3.8, 4) is 11.8 Å². The number of sulfonamides is 1. The van der Waals surface area contributed by atoms with E-state index in [1.165, 1.54) is 10.6 Å². The van der Waals surface area contributed by atoms with E-state index in [4.69, 9.17) is 10.00 Å². The molecule has 8 nitrogen and oxygen atoms in total. The van der Waals surface area contributed by atoms with Gasteiger partial charge in [0.25, 0.3) is 5.91 Å². The van der Waals surface area contributed by atoms with Crippen LogP contribution in [0.25, 0.3) is 0 Å². The second-order valence-corrected chi connectivity index (χ2v) is 7.76. The summed E-state index contributed by atoms with van der Waals surface area (Å²) in [5.41, 5.74) is 0.535. The third kappa shape index (κ3) is 6.34. The normalized spacial score (nSPS) is 16.2. The maximum absolute atomic E-state index is 11.8. The fraction of sp³-hybridized carbons (Fsp3) is 0.500. The molecule has 9 heteroatoms. The molecule has 1 saturated heterocycles. The van der Waals surface area contributed by atoms with Crippen LogP contribution < -0.4 is 10.1 Å². The maximum Gasteiger partial charge on any atom is 0.257 e. The number of ether oxygens (including phenoxy) is 1. The third-order valence-electron chi connectivity index (χ3n) is 3.90. The molecule has 0 atom stereocenters. The van der Waals surface area contributed by atoms with Gasteiger partial charge in [0.05, 0.1) is 17.9 Å². The predicted octanol–water partition coefficient (Wildman–Crippen LogP) is -0.370. The van der Waals surface area contributed by atoms with Gasteiger partial charge in [0.15, 0.2) is 6.61 Å². The molecule has 1 amide bonds. The molecule has 1 aliphatic rings. The van der Waals surface area contributed by atoms with Crippen molar-refractivity contribution >= 4 is 15.9 Å². The average Bonchev–Trinajstić information content (AvgIpc) is 2.60. The van der Waals surface area contributed by atoms with Crippen LogP contribution in [0.1, 0.15) is 5.56 Å². The molecular formula is C16H22N4O4S. The first kappa shape index (κ1) is 19.2. The van der Waals surface area contributed by atoms with E-state index in [2.05, 4.69) is 10.2 Å². The van der Waals surface area contributed by atoms with Crippen molar-refractivity contribution in [1.29, 1.82) is 5.26 Å². The zero-order valence-corrected chi connectivity index (χ0v) is 15.0. The highest BCUT2D eigenvalue weighted by Gasteiger charge is 2.22. The number of benzene rings is 1. The number of nitriles is 1. The lowest BCUT2D eigenvalue weighted by atomic mass is 10.2. The molecule has 1 heterocycles. The van der Waals surface area contributed by atoms with Gasteiger partial charge in [-0.05, 0) is 24.3 Å². The highest BCUT2D eigenvalue weighted by molar-refractivity contribution is 7.88. The Labute approximate surface area is 148 Å². The van der Waals surface area contributed by atoms with Crippen molar-refractivity contribution in [2.24, 2.45) is 0 Å². The Balaban J connectivity index is 1.62. The zero-order chi connectivity index (χ0) is 18.3. The first-order valence-electron chi connectivity index (χ1n) is 7.95. The molecule has 1 N–H and O–H groups in total. The van der Waals surface area contributed by atoms with Gasteiger partial charge in [-0.25, -0.2) is 8.42 Å². The molecule has 1 fully saturated rings. The molecule has 0 radical (unpaired) electrons. The highest BCUT2D eigenvalue weighted by atomic mass is 32.2. The number of nitrogens with zero attached hydrogens (tertiary/aromatic N) is 3. The highest BCUT2D eigenvalue weighted by Crippen LogP contribution is 2.11. The molecule has 0 spiro atoms. The Kier molecular flexibility index (Phi) is 6.75. The molecule has 1 aromatic carbocycles. The predicted molar refractivity (Wildman–Crippen MR) is 92.5 cm³/mol. The van der Waals surface area contributed by atoms with E-state index in [1.54, 1.807) is 24.3 Å². The smallest absolute Gasteiger partial charge is 0.257 e. The van der Waals surface area contributed by atoms with Crippen LogP contribution in [-0.4, -0.2) is 75.7 Å². The Bertz CT molecular complexity index is 719. The van der Waals surface area contributed by atoms with Crippen LogP contribution in [0.2, 0.25) is 0 Å². The summed E-state index contributed by atoms with van der Waals surface area (Å²) in [7, 11) is -3.12. The molecule has 1 aliphatic heterocycles. The molecule has 2 rings (SSSR count). The summed E-state index contributed by atoms with van der Waals surface area (Å²) in [5.74, 6) is 0.310. The quantitative estimate of drug-likeness (QED) is 0.706. The van der Waals surface area contributed by atoms with Gasteiger partial charge in [0.1, 0.15) is 5.75 Å². The van der Waals surface area contributed by atoms with E-state index < -0.39 is 10.0 Å². The standard InChI is InChI=1S/C16H22N4O4S/c1-25(22,23)20-10-8-19(9-11-20)7-6-18-16(21)13-24-15-4-2-14(12-17)3-5-15/h2-5H,6-11,13H2,1H3,(H,18,21). The summed E-state index contributed by atoms with van der Waals surface area (Å²) in [6.45, 7) is 3.33. The zero-order valence-electron chi connectivity index (χ0n) is 14.1. The van der Waals surface area contributed by atoms with E-state index in [1.807, 2.05) is 6.07 Å². The van der Waals surface area contributed by atoms with Gasteiger partial charge < -0.3 is 10.1 Å². The molecule has 0 aliphatic carbocycles. The lowest BCUT2D eigenvalue weighted by Crippen LogP contribution is -2.50. The first-order valence-corrected chi connectivity index (χ1v) is 9.80. The van der Waals surface area contributed by atoms with Gasteiger partial charge in [0.2, 0.25) is 10.0 Å². The molecule has 0 unspecified atom stereocenters. The van der Waals surface area contributed by atoms with E-state index >= 15 is 0 Å². The second-order valence-electron chi connectivity index (χ2n) is 5.78. The summed E-state index contributed by atoms with van der Waals surface area (Å²) in [5, 5.41) is 11.5. The number of piperazine rings is 1. The lowest BCUT2D eigenvalue weighted by molar-refractivity contribution is -0.123.